The van der Waals surface area contributed by atoms with E-state index in [4.69, 9.17) is 5.11 Å². The zero-order chi connectivity index (χ0) is 14.3. The fourth-order valence-corrected chi connectivity index (χ4v) is 2.56. The fourth-order valence-electron chi connectivity index (χ4n) is 1.78. The lowest BCUT2D eigenvalue weighted by molar-refractivity contribution is -0.113. The molecule has 0 fully saturated rings. The Balaban J connectivity index is 2.53. The van der Waals surface area contributed by atoms with Crippen LogP contribution < -0.4 is 5.32 Å². The smallest absolute Gasteiger partial charge is 0.234 e. The highest BCUT2D eigenvalue weighted by Crippen LogP contribution is 2.24. The first-order valence-corrected chi connectivity index (χ1v) is 7.70. The van der Waals surface area contributed by atoms with E-state index in [0.717, 1.165) is 17.7 Å². The number of carbonyl (C=O) groups excluding carboxylic acids is 1. The number of hydrogen-bond acceptors (Lipinski definition) is 3. The van der Waals surface area contributed by atoms with Crippen molar-refractivity contribution in [3.05, 3.63) is 29.8 Å². The van der Waals surface area contributed by atoms with E-state index in [9.17, 15) is 4.79 Å². The van der Waals surface area contributed by atoms with E-state index in [1.165, 1.54) is 0 Å². The molecular formula is C15H23NO2S. The van der Waals surface area contributed by atoms with Crippen molar-refractivity contribution in [3.8, 4) is 0 Å². The Kier molecular flexibility index (Phi) is 6.95. The van der Waals surface area contributed by atoms with Gasteiger partial charge in [0.1, 0.15) is 0 Å². The summed E-state index contributed by atoms with van der Waals surface area (Å²) in [6, 6.07) is 7.91. The van der Waals surface area contributed by atoms with E-state index in [-0.39, 0.29) is 12.5 Å². The summed E-state index contributed by atoms with van der Waals surface area (Å²) in [6.45, 7) is 6.42. The van der Waals surface area contributed by atoms with Crippen molar-refractivity contribution in [2.45, 2.75) is 38.4 Å². The monoisotopic (exact) mass is 281 g/mol. The minimum atomic E-state index is 0.0166. The SMILES string of the molecule is CC(CCO)SCC(=O)Nc1ccccc1C(C)C. The third-order valence-electron chi connectivity index (χ3n) is 2.89. The highest BCUT2D eigenvalue weighted by molar-refractivity contribution is 8.00. The van der Waals surface area contributed by atoms with Gasteiger partial charge in [0.05, 0.1) is 5.75 Å². The van der Waals surface area contributed by atoms with Crippen molar-refractivity contribution in [2.24, 2.45) is 0 Å². The molecule has 0 aromatic heterocycles. The number of aliphatic hydroxyl groups excluding tert-OH is 1. The molecule has 0 heterocycles. The summed E-state index contributed by atoms with van der Waals surface area (Å²) < 4.78 is 0. The van der Waals surface area contributed by atoms with Gasteiger partial charge in [-0.2, -0.15) is 0 Å². The molecule has 3 nitrogen and oxygen atoms in total. The lowest BCUT2D eigenvalue weighted by Crippen LogP contribution is -2.17. The number of anilines is 1. The van der Waals surface area contributed by atoms with Crippen LogP contribution in [-0.4, -0.2) is 28.6 Å². The quantitative estimate of drug-likeness (QED) is 0.806. The summed E-state index contributed by atoms with van der Waals surface area (Å²) in [5.41, 5.74) is 2.06. The van der Waals surface area contributed by atoms with Crippen LogP contribution in [0.2, 0.25) is 0 Å². The van der Waals surface area contributed by atoms with E-state index in [2.05, 4.69) is 19.2 Å². The predicted molar refractivity (Wildman–Crippen MR) is 82.8 cm³/mol. The number of hydrogen-bond donors (Lipinski definition) is 2. The fraction of sp³-hybridized carbons (Fsp3) is 0.533. The van der Waals surface area contributed by atoms with Crippen LogP contribution in [0.4, 0.5) is 5.69 Å². The first-order valence-electron chi connectivity index (χ1n) is 6.65. The summed E-state index contributed by atoms with van der Waals surface area (Å²) in [6.07, 6.45) is 0.723. The third kappa shape index (κ3) is 5.66. The second-order valence-corrected chi connectivity index (χ2v) is 6.35. The molecule has 1 rings (SSSR count). The van der Waals surface area contributed by atoms with Gasteiger partial charge in [-0.05, 0) is 24.0 Å². The highest BCUT2D eigenvalue weighted by Gasteiger charge is 2.10. The maximum Gasteiger partial charge on any atom is 0.234 e. The van der Waals surface area contributed by atoms with Crippen LogP contribution in [0.3, 0.4) is 0 Å². The second-order valence-electron chi connectivity index (χ2n) is 4.92. The highest BCUT2D eigenvalue weighted by atomic mass is 32.2. The zero-order valence-corrected chi connectivity index (χ0v) is 12.7. The summed E-state index contributed by atoms with van der Waals surface area (Å²) in [4.78, 5) is 11.9. The number of carbonyl (C=O) groups is 1. The normalized spacial score (nSPS) is 12.5. The summed E-state index contributed by atoms with van der Waals surface area (Å²) in [5.74, 6) is 0.827. The molecule has 0 spiro atoms. The Bertz CT molecular complexity index is 407. The van der Waals surface area contributed by atoms with E-state index in [1.54, 1.807) is 11.8 Å². The number of para-hydroxylation sites is 1. The zero-order valence-electron chi connectivity index (χ0n) is 11.8. The number of aliphatic hydroxyl groups is 1. The molecule has 0 aliphatic heterocycles. The van der Waals surface area contributed by atoms with Gasteiger partial charge in [-0.3, -0.25) is 4.79 Å². The van der Waals surface area contributed by atoms with Gasteiger partial charge in [0.25, 0.3) is 0 Å². The standard InChI is InChI=1S/C15H23NO2S/c1-11(2)13-6-4-5-7-14(13)16-15(18)10-19-12(3)8-9-17/h4-7,11-12,17H,8-10H2,1-3H3,(H,16,18). The number of benzene rings is 1. The summed E-state index contributed by atoms with van der Waals surface area (Å²) >= 11 is 1.57. The van der Waals surface area contributed by atoms with Crippen molar-refractivity contribution < 1.29 is 9.90 Å². The Hall–Kier alpha value is -1.00. The van der Waals surface area contributed by atoms with Gasteiger partial charge in [0.2, 0.25) is 5.91 Å². The molecule has 0 saturated heterocycles. The van der Waals surface area contributed by atoms with E-state index in [0.29, 0.717) is 16.9 Å². The molecular weight excluding hydrogens is 258 g/mol. The van der Waals surface area contributed by atoms with Gasteiger partial charge in [-0.1, -0.05) is 39.0 Å². The largest absolute Gasteiger partial charge is 0.396 e. The van der Waals surface area contributed by atoms with Crippen molar-refractivity contribution >= 4 is 23.4 Å². The van der Waals surface area contributed by atoms with Gasteiger partial charge < -0.3 is 10.4 Å². The average Bonchev–Trinajstić information content (AvgIpc) is 2.37. The van der Waals surface area contributed by atoms with Crippen molar-refractivity contribution in [1.82, 2.24) is 0 Å². The summed E-state index contributed by atoms with van der Waals surface area (Å²) in [7, 11) is 0. The van der Waals surface area contributed by atoms with Gasteiger partial charge in [0, 0.05) is 17.5 Å². The molecule has 0 aliphatic rings. The van der Waals surface area contributed by atoms with Crippen LogP contribution in [-0.2, 0) is 4.79 Å². The molecule has 4 heteroatoms. The molecule has 0 aliphatic carbocycles. The second kappa shape index (κ2) is 8.23. The van der Waals surface area contributed by atoms with E-state index >= 15 is 0 Å². The van der Waals surface area contributed by atoms with Crippen molar-refractivity contribution in [3.63, 3.8) is 0 Å². The predicted octanol–water partition coefficient (Wildman–Crippen LogP) is 3.25. The van der Waals surface area contributed by atoms with Gasteiger partial charge in [0.15, 0.2) is 0 Å². The first-order chi connectivity index (χ1) is 9.04. The van der Waals surface area contributed by atoms with Gasteiger partial charge in [-0.15, -0.1) is 11.8 Å². The maximum atomic E-state index is 11.9. The lowest BCUT2D eigenvalue weighted by atomic mass is 10.0. The Labute approximate surface area is 119 Å². The Morgan fingerprint density at radius 2 is 2.00 bits per heavy atom. The van der Waals surface area contributed by atoms with Crippen LogP contribution in [0.1, 0.15) is 38.7 Å². The van der Waals surface area contributed by atoms with Crippen LogP contribution >= 0.6 is 11.8 Å². The molecule has 1 aromatic carbocycles. The summed E-state index contributed by atoms with van der Waals surface area (Å²) in [5, 5.41) is 12.1. The molecule has 1 aromatic rings. The molecule has 1 unspecified atom stereocenters. The molecule has 2 N–H and O–H groups in total. The number of rotatable bonds is 7. The molecule has 19 heavy (non-hydrogen) atoms. The molecule has 106 valence electrons. The third-order valence-corrected chi connectivity index (χ3v) is 4.13. The van der Waals surface area contributed by atoms with Crippen LogP contribution in [0.25, 0.3) is 0 Å². The Morgan fingerprint density at radius 3 is 2.63 bits per heavy atom. The Morgan fingerprint density at radius 1 is 1.32 bits per heavy atom. The lowest BCUT2D eigenvalue weighted by Gasteiger charge is -2.14. The first kappa shape index (κ1) is 16.1. The van der Waals surface area contributed by atoms with Crippen LogP contribution in [0.5, 0.6) is 0 Å². The maximum absolute atomic E-state index is 11.9. The minimum Gasteiger partial charge on any atom is -0.396 e. The average molecular weight is 281 g/mol. The van der Waals surface area contributed by atoms with E-state index < -0.39 is 0 Å². The van der Waals surface area contributed by atoms with Crippen LogP contribution in [0.15, 0.2) is 24.3 Å². The van der Waals surface area contributed by atoms with E-state index in [1.807, 2.05) is 31.2 Å². The molecule has 1 amide bonds. The van der Waals surface area contributed by atoms with Crippen LogP contribution in [0, 0.1) is 0 Å². The number of amides is 1. The molecule has 0 saturated carbocycles. The van der Waals surface area contributed by atoms with Crippen molar-refractivity contribution in [1.29, 1.82) is 0 Å². The topological polar surface area (TPSA) is 49.3 Å². The molecule has 0 bridgehead atoms. The van der Waals surface area contributed by atoms with Gasteiger partial charge in [-0.25, -0.2) is 0 Å². The minimum absolute atomic E-state index is 0.0166. The number of nitrogens with one attached hydrogen (secondary N) is 1. The molecule has 1 atom stereocenters. The number of thioether (sulfide) groups is 1. The van der Waals surface area contributed by atoms with Gasteiger partial charge >= 0.3 is 0 Å². The van der Waals surface area contributed by atoms with Crippen molar-refractivity contribution in [2.75, 3.05) is 17.7 Å². The molecule has 0 radical (unpaired) electrons.